The van der Waals surface area contributed by atoms with Crippen LogP contribution in [0.25, 0.3) is 0 Å². The van der Waals surface area contributed by atoms with Crippen LogP contribution in [-0.4, -0.2) is 19.7 Å². The summed E-state index contributed by atoms with van der Waals surface area (Å²) in [5, 5.41) is 3.70. The maximum Gasteiger partial charge on any atom is 0.338 e. The van der Waals surface area contributed by atoms with E-state index in [2.05, 4.69) is 29.6 Å². The van der Waals surface area contributed by atoms with Crippen molar-refractivity contribution in [3.05, 3.63) is 71.3 Å². The summed E-state index contributed by atoms with van der Waals surface area (Å²) in [5.74, 6) is 1.35. The van der Waals surface area contributed by atoms with Gasteiger partial charge in [0.1, 0.15) is 5.75 Å². The number of nitrogens with one attached hydrogen (secondary N) is 1. The molecule has 0 spiro atoms. The maximum atomic E-state index is 12.3. The van der Waals surface area contributed by atoms with Crippen LogP contribution in [0.3, 0.4) is 0 Å². The monoisotopic (exact) mass is 363 g/mol. The average Bonchev–Trinajstić information content (AvgIpc) is 3.21. The molecule has 27 heavy (non-hydrogen) atoms. The van der Waals surface area contributed by atoms with Gasteiger partial charge in [0, 0.05) is 17.2 Å². The molecule has 0 fully saturated rings. The molecule has 0 saturated carbocycles. The standard InChI is InChI=1S/C23H25NO3/c1-3-13-27-23(25)15-11-12-20-19(14-15)16-8-6-9-17(16)22(24-20)18-7-4-5-10-21(18)26-2/h4-8,10-12,14,16-17,22,24H,3,9,13H2,1-2H3. The second kappa shape index (κ2) is 7.47. The minimum atomic E-state index is -0.245. The number of carbonyl (C=O) groups excluding carboxylic acids is 1. The van der Waals surface area contributed by atoms with Crippen molar-refractivity contribution in [1.82, 2.24) is 0 Å². The Hall–Kier alpha value is -2.75. The van der Waals surface area contributed by atoms with Crippen molar-refractivity contribution in [3.8, 4) is 5.75 Å². The van der Waals surface area contributed by atoms with Gasteiger partial charge in [0.05, 0.1) is 25.3 Å². The van der Waals surface area contributed by atoms with E-state index in [-0.39, 0.29) is 17.9 Å². The number of methoxy groups -OCH3 is 1. The molecule has 2 aliphatic rings. The van der Waals surface area contributed by atoms with Gasteiger partial charge in [-0.25, -0.2) is 4.79 Å². The van der Waals surface area contributed by atoms with Gasteiger partial charge in [0.15, 0.2) is 0 Å². The van der Waals surface area contributed by atoms with Crippen molar-refractivity contribution in [1.29, 1.82) is 0 Å². The van der Waals surface area contributed by atoms with Crippen molar-refractivity contribution < 1.29 is 14.3 Å². The Bertz CT molecular complexity index is 874. The molecule has 1 aliphatic carbocycles. The van der Waals surface area contributed by atoms with Crippen LogP contribution in [0.2, 0.25) is 0 Å². The molecule has 0 bridgehead atoms. The fourth-order valence-corrected chi connectivity index (χ4v) is 4.23. The van der Waals surface area contributed by atoms with Gasteiger partial charge >= 0.3 is 5.97 Å². The molecule has 2 aromatic rings. The number of allylic oxidation sites excluding steroid dienone is 2. The number of esters is 1. The first kappa shape index (κ1) is 17.7. The Balaban J connectivity index is 1.69. The van der Waals surface area contributed by atoms with E-state index >= 15 is 0 Å². The molecule has 1 aliphatic heterocycles. The largest absolute Gasteiger partial charge is 0.496 e. The highest BCUT2D eigenvalue weighted by Crippen LogP contribution is 2.51. The number of hydrogen-bond donors (Lipinski definition) is 1. The lowest BCUT2D eigenvalue weighted by Gasteiger charge is -2.38. The first-order valence-corrected chi connectivity index (χ1v) is 9.60. The Morgan fingerprint density at radius 2 is 2.04 bits per heavy atom. The molecule has 0 radical (unpaired) electrons. The van der Waals surface area contributed by atoms with Gasteiger partial charge in [-0.3, -0.25) is 0 Å². The van der Waals surface area contributed by atoms with Crippen LogP contribution in [0.15, 0.2) is 54.6 Å². The number of carbonyl (C=O) groups is 1. The Morgan fingerprint density at radius 1 is 1.19 bits per heavy atom. The first-order valence-electron chi connectivity index (χ1n) is 9.60. The zero-order valence-corrected chi connectivity index (χ0v) is 15.8. The Labute approximate surface area is 160 Å². The van der Waals surface area contributed by atoms with Crippen LogP contribution < -0.4 is 10.1 Å². The second-order valence-corrected chi connectivity index (χ2v) is 7.16. The molecule has 0 aromatic heterocycles. The third-order valence-corrected chi connectivity index (χ3v) is 5.51. The minimum absolute atomic E-state index is 0.173. The van der Waals surface area contributed by atoms with E-state index in [1.807, 2.05) is 37.3 Å². The molecular formula is C23H25NO3. The van der Waals surface area contributed by atoms with Crippen molar-refractivity contribution in [2.75, 3.05) is 19.0 Å². The van der Waals surface area contributed by atoms with Gasteiger partial charge in [-0.2, -0.15) is 0 Å². The van der Waals surface area contributed by atoms with Crippen molar-refractivity contribution in [2.24, 2.45) is 5.92 Å². The summed E-state index contributed by atoms with van der Waals surface area (Å²) in [7, 11) is 1.72. The Kier molecular flexibility index (Phi) is 4.88. The summed E-state index contributed by atoms with van der Waals surface area (Å²) in [6, 6.07) is 14.2. The topological polar surface area (TPSA) is 47.6 Å². The van der Waals surface area contributed by atoms with Crippen LogP contribution in [0.5, 0.6) is 5.75 Å². The third-order valence-electron chi connectivity index (χ3n) is 5.51. The van der Waals surface area contributed by atoms with E-state index in [1.54, 1.807) is 7.11 Å². The third kappa shape index (κ3) is 3.20. The maximum absolute atomic E-state index is 12.3. The van der Waals surface area contributed by atoms with Gasteiger partial charge in [0.2, 0.25) is 0 Å². The predicted octanol–water partition coefficient (Wildman–Crippen LogP) is 5.09. The fraction of sp³-hybridized carbons (Fsp3) is 0.348. The quantitative estimate of drug-likeness (QED) is 0.594. The van der Waals surface area contributed by atoms with Crippen LogP contribution in [0.1, 0.15) is 53.2 Å². The van der Waals surface area contributed by atoms with Crippen molar-refractivity contribution in [3.63, 3.8) is 0 Å². The van der Waals surface area contributed by atoms with Crippen LogP contribution in [0, 0.1) is 5.92 Å². The molecular weight excluding hydrogens is 338 g/mol. The highest BCUT2D eigenvalue weighted by molar-refractivity contribution is 5.90. The molecule has 4 rings (SSSR count). The SMILES string of the molecule is CCCOC(=O)c1ccc2c(c1)C1C=CCC1C(c1ccccc1OC)N2. The van der Waals surface area contributed by atoms with Crippen LogP contribution >= 0.6 is 0 Å². The molecule has 1 heterocycles. The number of anilines is 1. The van der Waals surface area contributed by atoms with Crippen LogP contribution in [0.4, 0.5) is 5.69 Å². The zero-order chi connectivity index (χ0) is 18.8. The lowest BCUT2D eigenvalue weighted by molar-refractivity contribution is 0.0505. The minimum Gasteiger partial charge on any atom is -0.496 e. The Morgan fingerprint density at radius 3 is 2.85 bits per heavy atom. The zero-order valence-electron chi connectivity index (χ0n) is 15.8. The van der Waals surface area contributed by atoms with Gasteiger partial charge in [-0.15, -0.1) is 0 Å². The molecule has 4 heteroatoms. The highest BCUT2D eigenvalue weighted by atomic mass is 16.5. The highest BCUT2D eigenvalue weighted by Gasteiger charge is 2.39. The lowest BCUT2D eigenvalue weighted by Crippen LogP contribution is -2.29. The predicted molar refractivity (Wildman–Crippen MR) is 106 cm³/mol. The second-order valence-electron chi connectivity index (χ2n) is 7.16. The molecule has 140 valence electrons. The summed E-state index contributed by atoms with van der Waals surface area (Å²) < 4.78 is 10.9. The van der Waals surface area contributed by atoms with E-state index < -0.39 is 0 Å². The van der Waals surface area contributed by atoms with E-state index in [0.717, 1.165) is 24.3 Å². The molecule has 3 unspecified atom stereocenters. The first-order chi connectivity index (χ1) is 13.2. The number of rotatable bonds is 5. The van der Waals surface area contributed by atoms with Crippen LogP contribution in [-0.2, 0) is 4.74 Å². The molecule has 3 atom stereocenters. The van der Waals surface area contributed by atoms with Gasteiger partial charge < -0.3 is 14.8 Å². The fourth-order valence-electron chi connectivity index (χ4n) is 4.23. The molecule has 4 nitrogen and oxygen atoms in total. The smallest absolute Gasteiger partial charge is 0.338 e. The summed E-state index contributed by atoms with van der Waals surface area (Å²) in [6.07, 6.45) is 6.35. The molecule has 0 amide bonds. The van der Waals surface area contributed by atoms with Crippen molar-refractivity contribution >= 4 is 11.7 Å². The van der Waals surface area contributed by atoms with E-state index in [1.165, 1.54) is 11.1 Å². The summed E-state index contributed by atoms with van der Waals surface area (Å²) in [6.45, 7) is 2.45. The lowest BCUT2D eigenvalue weighted by atomic mass is 9.76. The van der Waals surface area contributed by atoms with Gasteiger partial charge in [-0.1, -0.05) is 37.3 Å². The summed E-state index contributed by atoms with van der Waals surface area (Å²) >= 11 is 0. The van der Waals surface area contributed by atoms with E-state index in [9.17, 15) is 4.79 Å². The average molecular weight is 363 g/mol. The normalized spacial score (nSPS) is 22.5. The van der Waals surface area contributed by atoms with Gasteiger partial charge in [-0.05, 0) is 48.6 Å². The number of fused-ring (bicyclic) bond motifs is 3. The van der Waals surface area contributed by atoms with E-state index in [0.29, 0.717) is 18.1 Å². The molecule has 0 saturated heterocycles. The van der Waals surface area contributed by atoms with Gasteiger partial charge in [0.25, 0.3) is 0 Å². The molecule has 2 aromatic carbocycles. The number of hydrogen-bond acceptors (Lipinski definition) is 4. The summed E-state index contributed by atoms with van der Waals surface area (Å²) in [4.78, 5) is 12.3. The number of benzene rings is 2. The summed E-state index contributed by atoms with van der Waals surface area (Å²) in [5.41, 5.74) is 4.05. The number of para-hydroxylation sites is 1. The molecule has 1 N–H and O–H groups in total. The van der Waals surface area contributed by atoms with E-state index in [4.69, 9.17) is 9.47 Å². The number of ether oxygens (including phenoxy) is 2. The van der Waals surface area contributed by atoms with Crippen molar-refractivity contribution in [2.45, 2.75) is 31.7 Å².